The van der Waals surface area contributed by atoms with Crippen molar-refractivity contribution in [3.8, 4) is 68.6 Å². The molecular formula is C70H40N8S2. The minimum Gasteiger partial charge on any atom is -0.276 e. The van der Waals surface area contributed by atoms with E-state index in [1.54, 1.807) is 0 Å². The standard InChI is InChI=1S/C70H40N8S2/c1-5-17-41(18-6-1)65-71-66(42-19-7-2-8-20-42)74-69(73-65)77-57-27-15-13-25-49(57)52-35-37-56-51-33-30-46(40-59(51)80-63(56)61(52)77)45-29-32-48-47(39-45)31-34-53-54-36-38-55-50-26-14-16-28-58(50)79-64(55)62(54)78(60(48)53)70-75-67(43-21-9-3-10-22-43)72-68(76-70)44-23-11-4-12-24-44/h1-40H. The summed E-state index contributed by atoms with van der Waals surface area (Å²) in [7, 11) is 0. The molecule has 0 atom stereocenters. The van der Waals surface area contributed by atoms with Crippen LogP contribution in [0, 0.1) is 0 Å². The lowest BCUT2D eigenvalue weighted by atomic mass is 9.98. The second-order valence-electron chi connectivity index (χ2n) is 20.2. The summed E-state index contributed by atoms with van der Waals surface area (Å²) in [6.45, 7) is 0. The molecule has 0 amide bonds. The quantitative estimate of drug-likeness (QED) is 0.158. The highest BCUT2D eigenvalue weighted by Gasteiger charge is 2.25. The molecule has 0 spiro atoms. The molecule has 17 rings (SSSR count). The number of hydrogen-bond donors (Lipinski definition) is 0. The molecule has 372 valence electrons. The number of fused-ring (bicyclic) bond motifs is 16. The monoisotopic (exact) mass is 1060 g/mol. The van der Waals surface area contributed by atoms with Crippen LogP contribution < -0.4 is 0 Å². The summed E-state index contributed by atoms with van der Waals surface area (Å²) in [5.41, 5.74) is 10.3. The van der Waals surface area contributed by atoms with E-state index < -0.39 is 0 Å². The summed E-state index contributed by atoms with van der Waals surface area (Å²) in [6.07, 6.45) is 0. The summed E-state index contributed by atoms with van der Waals surface area (Å²) >= 11 is 3.64. The van der Waals surface area contributed by atoms with Gasteiger partial charge < -0.3 is 0 Å². The van der Waals surface area contributed by atoms with E-state index in [0.717, 1.165) is 87.8 Å². The normalized spacial score (nSPS) is 12.0. The molecule has 0 aliphatic heterocycles. The van der Waals surface area contributed by atoms with Gasteiger partial charge in [-0.25, -0.2) is 9.97 Å². The molecule has 11 aromatic carbocycles. The summed E-state index contributed by atoms with van der Waals surface area (Å²) < 4.78 is 9.39. The summed E-state index contributed by atoms with van der Waals surface area (Å²) in [4.78, 5) is 31.4. The molecule has 0 radical (unpaired) electrons. The van der Waals surface area contributed by atoms with Crippen LogP contribution in [0.15, 0.2) is 243 Å². The van der Waals surface area contributed by atoms with Gasteiger partial charge in [-0.2, -0.15) is 19.9 Å². The number of nitrogens with zero attached hydrogens (tertiary/aromatic N) is 8. The lowest BCUT2D eigenvalue weighted by molar-refractivity contribution is 0.955. The van der Waals surface area contributed by atoms with Gasteiger partial charge in [0.1, 0.15) is 0 Å². The Morgan fingerprint density at radius 1 is 0.250 bits per heavy atom. The van der Waals surface area contributed by atoms with Gasteiger partial charge in [-0.15, -0.1) is 22.7 Å². The largest absolute Gasteiger partial charge is 0.276 e. The van der Waals surface area contributed by atoms with Crippen LogP contribution in [-0.4, -0.2) is 39.0 Å². The van der Waals surface area contributed by atoms with Crippen LogP contribution >= 0.6 is 22.7 Å². The number of rotatable bonds is 7. The van der Waals surface area contributed by atoms with Crippen molar-refractivity contribution in [1.29, 1.82) is 0 Å². The highest BCUT2D eigenvalue weighted by atomic mass is 32.1. The van der Waals surface area contributed by atoms with Gasteiger partial charge >= 0.3 is 0 Å². The van der Waals surface area contributed by atoms with Gasteiger partial charge in [0, 0.05) is 80.1 Å². The number of hydrogen-bond acceptors (Lipinski definition) is 8. The lowest BCUT2D eigenvalue weighted by Gasteiger charge is -2.12. The SMILES string of the molecule is c1ccc(-c2nc(-c3ccccc3)nc(-n3c4ccccc4c4ccc5c6ccc(-c7ccc8c(ccc9c%10ccc%11c%12ccccc%12sc%11c%10n(-c%10nc(-c%11ccccc%11)nc(-c%11ccccc%11)n%10)c89)c7)cc6sc5c43)n2)cc1. The van der Waals surface area contributed by atoms with E-state index in [9.17, 15) is 0 Å². The fourth-order valence-corrected chi connectivity index (χ4v) is 14.5. The van der Waals surface area contributed by atoms with Crippen LogP contribution in [0.3, 0.4) is 0 Å². The molecule has 0 unspecified atom stereocenters. The number of benzene rings is 11. The Morgan fingerprint density at radius 3 is 1.24 bits per heavy atom. The fourth-order valence-electron chi connectivity index (χ4n) is 11.9. The smallest absolute Gasteiger partial charge is 0.238 e. The highest BCUT2D eigenvalue weighted by molar-refractivity contribution is 7.27. The van der Waals surface area contributed by atoms with E-state index in [-0.39, 0.29) is 0 Å². The van der Waals surface area contributed by atoms with E-state index in [4.69, 9.17) is 29.9 Å². The predicted octanol–water partition coefficient (Wildman–Crippen LogP) is 18.5. The van der Waals surface area contributed by atoms with E-state index in [2.05, 4.69) is 179 Å². The Bertz CT molecular complexity index is 5240. The number of thiophene rings is 2. The van der Waals surface area contributed by atoms with Crippen LogP contribution in [-0.2, 0) is 0 Å². The van der Waals surface area contributed by atoms with Crippen molar-refractivity contribution in [2.24, 2.45) is 0 Å². The minimum atomic E-state index is 0.575. The van der Waals surface area contributed by atoms with Crippen LogP contribution in [0.5, 0.6) is 0 Å². The summed E-state index contributed by atoms with van der Waals surface area (Å²) in [6, 6.07) is 85.6. The van der Waals surface area contributed by atoms with Gasteiger partial charge in [0.2, 0.25) is 11.9 Å². The first-order valence-electron chi connectivity index (χ1n) is 26.6. The Hall–Kier alpha value is -10.3. The average molecular weight is 1060 g/mol. The van der Waals surface area contributed by atoms with Crippen molar-refractivity contribution >= 4 is 117 Å². The van der Waals surface area contributed by atoms with Gasteiger partial charge in [-0.3, -0.25) is 9.13 Å². The number of aromatic nitrogens is 8. The molecule has 6 aromatic heterocycles. The first-order valence-corrected chi connectivity index (χ1v) is 28.2. The zero-order valence-electron chi connectivity index (χ0n) is 42.5. The Labute approximate surface area is 464 Å². The van der Waals surface area contributed by atoms with Crippen molar-refractivity contribution in [3.05, 3.63) is 243 Å². The van der Waals surface area contributed by atoms with Gasteiger partial charge in [-0.05, 0) is 40.8 Å². The Balaban J connectivity index is 0.863. The first kappa shape index (κ1) is 44.8. The molecule has 0 bridgehead atoms. The van der Waals surface area contributed by atoms with Crippen molar-refractivity contribution in [2.45, 2.75) is 0 Å². The molecule has 0 aliphatic rings. The first-order chi connectivity index (χ1) is 39.6. The molecule has 6 heterocycles. The average Bonchev–Trinajstić information content (AvgIpc) is 4.49. The molecule has 0 saturated heterocycles. The summed E-state index contributed by atoms with van der Waals surface area (Å²) in [5.74, 6) is 3.64. The molecular weight excluding hydrogens is 1020 g/mol. The maximum atomic E-state index is 5.37. The minimum absolute atomic E-state index is 0.575. The third-order valence-corrected chi connectivity index (χ3v) is 18.0. The molecule has 80 heavy (non-hydrogen) atoms. The zero-order chi connectivity index (χ0) is 52.4. The van der Waals surface area contributed by atoms with Crippen LogP contribution in [0.25, 0.3) is 163 Å². The van der Waals surface area contributed by atoms with Crippen molar-refractivity contribution < 1.29 is 0 Å². The fraction of sp³-hybridized carbons (Fsp3) is 0. The molecule has 17 aromatic rings. The molecule has 0 saturated carbocycles. The second kappa shape index (κ2) is 17.6. The van der Waals surface area contributed by atoms with E-state index in [1.807, 2.05) is 95.5 Å². The summed E-state index contributed by atoms with van der Waals surface area (Å²) in [5, 5.41) is 11.7. The predicted molar refractivity (Wildman–Crippen MR) is 332 cm³/mol. The van der Waals surface area contributed by atoms with Gasteiger partial charge in [0.25, 0.3) is 0 Å². The van der Waals surface area contributed by atoms with Gasteiger partial charge in [0.15, 0.2) is 23.3 Å². The van der Waals surface area contributed by atoms with Gasteiger partial charge in [-0.1, -0.05) is 218 Å². The van der Waals surface area contributed by atoms with Crippen molar-refractivity contribution in [2.75, 3.05) is 0 Å². The van der Waals surface area contributed by atoms with Crippen molar-refractivity contribution in [3.63, 3.8) is 0 Å². The van der Waals surface area contributed by atoms with Crippen LogP contribution in [0.1, 0.15) is 0 Å². The van der Waals surface area contributed by atoms with E-state index in [0.29, 0.717) is 35.2 Å². The molecule has 0 aliphatic carbocycles. The molecule has 8 nitrogen and oxygen atoms in total. The molecule has 0 N–H and O–H groups in total. The maximum Gasteiger partial charge on any atom is 0.238 e. The third kappa shape index (κ3) is 6.92. The lowest BCUT2D eigenvalue weighted by Crippen LogP contribution is -2.06. The maximum absolute atomic E-state index is 5.37. The Kier molecular flexibility index (Phi) is 9.88. The highest BCUT2D eigenvalue weighted by Crippen LogP contribution is 2.47. The van der Waals surface area contributed by atoms with Crippen LogP contribution in [0.4, 0.5) is 0 Å². The Morgan fingerprint density at radius 2 is 0.650 bits per heavy atom. The van der Waals surface area contributed by atoms with E-state index in [1.165, 1.54) is 40.3 Å². The zero-order valence-corrected chi connectivity index (χ0v) is 44.1. The van der Waals surface area contributed by atoms with Crippen LogP contribution in [0.2, 0.25) is 0 Å². The van der Waals surface area contributed by atoms with Crippen molar-refractivity contribution in [1.82, 2.24) is 39.0 Å². The molecule has 10 heteroatoms. The van der Waals surface area contributed by atoms with Gasteiger partial charge in [0.05, 0.1) is 31.5 Å². The second-order valence-corrected chi connectivity index (χ2v) is 22.3. The van der Waals surface area contributed by atoms with E-state index >= 15 is 0 Å². The topological polar surface area (TPSA) is 87.2 Å². The number of para-hydroxylation sites is 1. The molecule has 0 fully saturated rings. The third-order valence-electron chi connectivity index (χ3n) is 15.6.